The van der Waals surface area contributed by atoms with E-state index in [-0.39, 0.29) is 11.9 Å². The fourth-order valence-electron chi connectivity index (χ4n) is 3.15. The summed E-state index contributed by atoms with van der Waals surface area (Å²) in [5.74, 6) is -0.654. The van der Waals surface area contributed by atoms with Crippen LogP contribution < -0.4 is 21.5 Å². The van der Waals surface area contributed by atoms with Gasteiger partial charge < -0.3 is 10.6 Å². The van der Waals surface area contributed by atoms with Gasteiger partial charge in [-0.1, -0.05) is 37.5 Å². The molecule has 0 bridgehead atoms. The molecule has 4 N–H and O–H groups in total. The molecule has 0 unspecified atom stereocenters. The number of rotatable bonds is 4. The topological polar surface area (TPSA) is 99.3 Å². The van der Waals surface area contributed by atoms with Crippen molar-refractivity contribution in [1.82, 2.24) is 16.2 Å². The summed E-state index contributed by atoms with van der Waals surface area (Å²) >= 11 is 0. The standard InChI is InChI=1S/C21H24N4O3/c26-19(15-7-3-1-4-8-15)22-18-13-11-16(12-14-18)20(27)24-25-21(28)23-17-9-5-2-6-10-17/h1,3-4,7-8,11-14,17H,2,5-6,9-10H2,(H,22,26)(H,24,27)(H2,23,25,28). The van der Waals surface area contributed by atoms with Gasteiger partial charge in [-0.15, -0.1) is 0 Å². The Morgan fingerprint density at radius 3 is 2.04 bits per heavy atom. The van der Waals surface area contributed by atoms with Crippen LogP contribution >= 0.6 is 0 Å². The quantitative estimate of drug-likeness (QED) is 0.613. The van der Waals surface area contributed by atoms with Gasteiger partial charge in [0, 0.05) is 22.9 Å². The largest absolute Gasteiger partial charge is 0.334 e. The van der Waals surface area contributed by atoms with Crippen LogP contribution in [-0.4, -0.2) is 23.9 Å². The zero-order valence-electron chi connectivity index (χ0n) is 15.5. The smallest absolute Gasteiger partial charge is 0.333 e. The maximum atomic E-state index is 12.2. The molecule has 7 heteroatoms. The van der Waals surface area contributed by atoms with Crippen LogP contribution in [0.2, 0.25) is 0 Å². The first-order valence-corrected chi connectivity index (χ1v) is 9.45. The van der Waals surface area contributed by atoms with Crippen LogP contribution in [0.5, 0.6) is 0 Å². The number of carbonyl (C=O) groups is 3. The molecular weight excluding hydrogens is 356 g/mol. The molecule has 28 heavy (non-hydrogen) atoms. The Balaban J connectivity index is 1.46. The van der Waals surface area contributed by atoms with Gasteiger partial charge >= 0.3 is 6.03 Å². The van der Waals surface area contributed by atoms with Crippen molar-refractivity contribution in [2.45, 2.75) is 38.1 Å². The van der Waals surface area contributed by atoms with Crippen LogP contribution in [-0.2, 0) is 0 Å². The number of nitrogens with one attached hydrogen (secondary N) is 4. The number of urea groups is 1. The lowest BCUT2D eigenvalue weighted by Crippen LogP contribution is -2.50. The van der Waals surface area contributed by atoms with Gasteiger partial charge in [-0.25, -0.2) is 10.2 Å². The SMILES string of the molecule is O=C(NNC(=O)c1ccc(NC(=O)c2ccccc2)cc1)NC1CCCCC1. The predicted molar refractivity (Wildman–Crippen MR) is 107 cm³/mol. The third-order valence-electron chi connectivity index (χ3n) is 4.67. The molecule has 0 radical (unpaired) electrons. The summed E-state index contributed by atoms with van der Waals surface area (Å²) in [4.78, 5) is 36.2. The zero-order valence-corrected chi connectivity index (χ0v) is 15.5. The first-order valence-electron chi connectivity index (χ1n) is 9.45. The number of amides is 4. The van der Waals surface area contributed by atoms with Crippen molar-refractivity contribution >= 4 is 23.5 Å². The summed E-state index contributed by atoms with van der Waals surface area (Å²) in [5.41, 5.74) is 6.26. The fourth-order valence-corrected chi connectivity index (χ4v) is 3.15. The number of hydrogen-bond acceptors (Lipinski definition) is 3. The lowest BCUT2D eigenvalue weighted by Gasteiger charge is -2.22. The first kappa shape index (κ1) is 19.4. The van der Waals surface area contributed by atoms with Gasteiger partial charge in [0.15, 0.2) is 0 Å². The van der Waals surface area contributed by atoms with Gasteiger partial charge in [0.1, 0.15) is 0 Å². The van der Waals surface area contributed by atoms with Gasteiger partial charge in [0.25, 0.3) is 11.8 Å². The summed E-state index contributed by atoms with van der Waals surface area (Å²) in [6, 6.07) is 15.1. The predicted octanol–water partition coefficient (Wildman–Crippen LogP) is 3.22. The lowest BCUT2D eigenvalue weighted by atomic mass is 9.96. The Kier molecular flexibility index (Phi) is 6.62. The second-order valence-electron chi connectivity index (χ2n) is 6.79. The molecule has 0 aliphatic heterocycles. The van der Waals surface area contributed by atoms with Crippen molar-refractivity contribution in [3.63, 3.8) is 0 Å². The highest BCUT2D eigenvalue weighted by atomic mass is 16.2. The van der Waals surface area contributed by atoms with E-state index < -0.39 is 11.9 Å². The van der Waals surface area contributed by atoms with Crippen LogP contribution in [0.25, 0.3) is 0 Å². The molecule has 1 saturated carbocycles. The van der Waals surface area contributed by atoms with Gasteiger partial charge in [0.05, 0.1) is 0 Å². The number of anilines is 1. The summed E-state index contributed by atoms with van der Waals surface area (Å²) in [7, 11) is 0. The van der Waals surface area contributed by atoms with Crippen LogP contribution in [0.15, 0.2) is 54.6 Å². The third-order valence-corrected chi connectivity index (χ3v) is 4.67. The fraction of sp³-hybridized carbons (Fsp3) is 0.286. The van der Waals surface area contributed by atoms with E-state index in [1.165, 1.54) is 6.42 Å². The molecular formula is C21H24N4O3. The Labute approximate surface area is 163 Å². The molecule has 7 nitrogen and oxygen atoms in total. The molecule has 146 valence electrons. The van der Waals surface area contributed by atoms with E-state index >= 15 is 0 Å². The van der Waals surface area contributed by atoms with Crippen LogP contribution in [0, 0.1) is 0 Å². The van der Waals surface area contributed by atoms with Crippen molar-refractivity contribution in [1.29, 1.82) is 0 Å². The van der Waals surface area contributed by atoms with Crippen LogP contribution in [0.1, 0.15) is 52.8 Å². The van der Waals surface area contributed by atoms with Gasteiger partial charge in [-0.05, 0) is 49.2 Å². The van der Waals surface area contributed by atoms with Gasteiger partial charge in [-0.3, -0.25) is 15.0 Å². The molecule has 0 saturated heterocycles. The highest BCUT2D eigenvalue weighted by Crippen LogP contribution is 2.17. The molecule has 0 spiro atoms. The summed E-state index contributed by atoms with van der Waals surface area (Å²) < 4.78 is 0. The van der Waals surface area contributed by atoms with E-state index in [0.29, 0.717) is 16.8 Å². The Morgan fingerprint density at radius 2 is 1.36 bits per heavy atom. The molecule has 3 rings (SSSR count). The van der Waals surface area contributed by atoms with Crippen molar-refractivity contribution in [3.8, 4) is 0 Å². The van der Waals surface area contributed by atoms with E-state index in [1.54, 1.807) is 48.5 Å². The minimum Gasteiger partial charge on any atom is -0.334 e. The van der Waals surface area contributed by atoms with Crippen molar-refractivity contribution < 1.29 is 14.4 Å². The van der Waals surface area contributed by atoms with Crippen LogP contribution in [0.3, 0.4) is 0 Å². The minimum absolute atomic E-state index is 0.165. The Morgan fingerprint density at radius 1 is 0.714 bits per heavy atom. The van der Waals surface area contributed by atoms with E-state index in [2.05, 4.69) is 21.5 Å². The molecule has 4 amide bonds. The number of hydrazine groups is 1. The molecule has 1 fully saturated rings. The normalized spacial score (nSPS) is 14.0. The minimum atomic E-state index is -0.431. The molecule has 0 atom stereocenters. The average molecular weight is 380 g/mol. The zero-order chi connectivity index (χ0) is 19.8. The number of carbonyl (C=O) groups excluding carboxylic acids is 3. The van der Waals surface area contributed by atoms with E-state index in [1.807, 2.05) is 6.07 Å². The highest BCUT2D eigenvalue weighted by molar-refractivity contribution is 6.04. The molecule has 1 aliphatic carbocycles. The molecule has 2 aromatic carbocycles. The van der Waals surface area contributed by atoms with Gasteiger partial charge in [0.2, 0.25) is 0 Å². The molecule has 0 aromatic heterocycles. The summed E-state index contributed by atoms with van der Waals surface area (Å²) in [6.07, 6.45) is 5.38. The maximum Gasteiger partial charge on any atom is 0.333 e. The molecule has 0 heterocycles. The Bertz CT molecular complexity index is 815. The van der Waals surface area contributed by atoms with E-state index in [9.17, 15) is 14.4 Å². The van der Waals surface area contributed by atoms with Gasteiger partial charge in [-0.2, -0.15) is 0 Å². The van der Waals surface area contributed by atoms with Crippen molar-refractivity contribution in [3.05, 3.63) is 65.7 Å². The van der Waals surface area contributed by atoms with Crippen molar-refractivity contribution in [2.75, 3.05) is 5.32 Å². The number of hydrogen-bond donors (Lipinski definition) is 4. The highest BCUT2D eigenvalue weighted by Gasteiger charge is 2.16. The second-order valence-corrected chi connectivity index (χ2v) is 6.79. The van der Waals surface area contributed by atoms with E-state index in [0.717, 1.165) is 25.7 Å². The molecule has 1 aliphatic rings. The van der Waals surface area contributed by atoms with E-state index in [4.69, 9.17) is 0 Å². The Hall–Kier alpha value is -3.35. The molecule has 2 aromatic rings. The number of benzene rings is 2. The monoisotopic (exact) mass is 380 g/mol. The summed E-state index contributed by atoms with van der Waals surface area (Å²) in [6.45, 7) is 0. The average Bonchev–Trinajstić information content (AvgIpc) is 2.74. The van der Waals surface area contributed by atoms with Crippen LogP contribution in [0.4, 0.5) is 10.5 Å². The summed E-state index contributed by atoms with van der Waals surface area (Å²) in [5, 5.41) is 5.63. The second kappa shape index (κ2) is 9.55. The maximum absolute atomic E-state index is 12.2. The van der Waals surface area contributed by atoms with Crippen molar-refractivity contribution in [2.24, 2.45) is 0 Å². The lowest BCUT2D eigenvalue weighted by molar-refractivity contribution is 0.0935. The first-order chi connectivity index (χ1) is 13.6. The third kappa shape index (κ3) is 5.57.